The van der Waals surface area contributed by atoms with Gasteiger partial charge in [0.25, 0.3) is 0 Å². The summed E-state index contributed by atoms with van der Waals surface area (Å²) in [6.45, 7) is 0.239. The van der Waals surface area contributed by atoms with Gasteiger partial charge in [-0.05, 0) is 42.2 Å². The van der Waals surface area contributed by atoms with Gasteiger partial charge in [-0.1, -0.05) is 18.2 Å². The maximum Gasteiger partial charge on any atom is 0.416 e. The zero-order chi connectivity index (χ0) is 19.0. The zero-order valence-corrected chi connectivity index (χ0v) is 13.9. The SMILES string of the molecule is O=C(O)CCCCONC(c1cccnc1)c1cccc(C(F)(F)F)c1. The summed E-state index contributed by atoms with van der Waals surface area (Å²) in [5.74, 6) is -0.879. The molecular weight excluding hydrogens is 349 g/mol. The third kappa shape index (κ3) is 6.12. The van der Waals surface area contributed by atoms with Crippen LogP contribution in [0.5, 0.6) is 0 Å². The smallest absolute Gasteiger partial charge is 0.416 e. The first kappa shape index (κ1) is 19.9. The highest BCUT2D eigenvalue weighted by atomic mass is 19.4. The Balaban J connectivity index is 2.09. The summed E-state index contributed by atoms with van der Waals surface area (Å²) in [6, 6.07) is 7.78. The molecule has 140 valence electrons. The van der Waals surface area contributed by atoms with Gasteiger partial charge < -0.3 is 9.94 Å². The van der Waals surface area contributed by atoms with Crippen LogP contribution in [0.15, 0.2) is 48.8 Å². The number of alkyl halides is 3. The number of halogens is 3. The molecule has 5 nitrogen and oxygen atoms in total. The molecule has 0 aliphatic carbocycles. The molecular formula is C18H19F3N2O3. The van der Waals surface area contributed by atoms with Gasteiger partial charge in [-0.25, -0.2) is 0 Å². The fourth-order valence-corrected chi connectivity index (χ4v) is 2.36. The number of hydrogen-bond acceptors (Lipinski definition) is 4. The van der Waals surface area contributed by atoms with E-state index in [-0.39, 0.29) is 13.0 Å². The molecule has 1 heterocycles. The molecule has 1 atom stereocenters. The summed E-state index contributed by atoms with van der Waals surface area (Å²) in [5.41, 5.74) is 3.06. The van der Waals surface area contributed by atoms with Crippen LogP contribution in [0.3, 0.4) is 0 Å². The van der Waals surface area contributed by atoms with E-state index < -0.39 is 23.8 Å². The van der Waals surface area contributed by atoms with E-state index >= 15 is 0 Å². The molecule has 1 unspecified atom stereocenters. The van der Waals surface area contributed by atoms with Gasteiger partial charge >= 0.3 is 12.1 Å². The third-order valence-electron chi connectivity index (χ3n) is 3.65. The number of nitrogens with zero attached hydrogens (tertiary/aromatic N) is 1. The molecule has 0 radical (unpaired) electrons. The number of carboxylic acid groups (broad SMARTS) is 1. The quantitative estimate of drug-likeness (QED) is 0.518. The van der Waals surface area contributed by atoms with Crippen LogP contribution in [0.1, 0.15) is 42.0 Å². The van der Waals surface area contributed by atoms with Crippen molar-refractivity contribution >= 4 is 5.97 Å². The second-order valence-electron chi connectivity index (χ2n) is 5.66. The minimum absolute atomic E-state index is 0.0447. The van der Waals surface area contributed by atoms with Crippen LogP contribution in [-0.2, 0) is 15.8 Å². The predicted octanol–water partition coefficient (Wildman–Crippen LogP) is 3.97. The number of carboxylic acids is 1. The number of nitrogens with one attached hydrogen (secondary N) is 1. The van der Waals surface area contributed by atoms with Crippen LogP contribution in [0.25, 0.3) is 0 Å². The van der Waals surface area contributed by atoms with Gasteiger partial charge in [-0.15, -0.1) is 0 Å². The van der Waals surface area contributed by atoms with Gasteiger partial charge in [0.05, 0.1) is 18.2 Å². The van der Waals surface area contributed by atoms with Gasteiger partial charge in [-0.3, -0.25) is 9.78 Å². The number of aromatic nitrogens is 1. The highest BCUT2D eigenvalue weighted by molar-refractivity contribution is 5.66. The van der Waals surface area contributed by atoms with E-state index in [2.05, 4.69) is 10.5 Å². The van der Waals surface area contributed by atoms with Gasteiger partial charge in [0.1, 0.15) is 0 Å². The zero-order valence-electron chi connectivity index (χ0n) is 13.9. The lowest BCUT2D eigenvalue weighted by Gasteiger charge is -2.20. The Bertz CT molecular complexity index is 708. The Hall–Kier alpha value is -2.45. The van der Waals surface area contributed by atoms with Crippen molar-refractivity contribution in [2.75, 3.05) is 6.61 Å². The van der Waals surface area contributed by atoms with Crippen LogP contribution >= 0.6 is 0 Å². The first-order chi connectivity index (χ1) is 12.4. The molecule has 2 aromatic rings. The number of hydrogen-bond donors (Lipinski definition) is 2. The summed E-state index contributed by atoms with van der Waals surface area (Å²) < 4.78 is 38.9. The van der Waals surface area contributed by atoms with Gasteiger partial charge in [0.2, 0.25) is 0 Å². The summed E-state index contributed by atoms with van der Waals surface area (Å²) in [6.07, 6.45) is -0.304. The molecule has 26 heavy (non-hydrogen) atoms. The number of benzene rings is 1. The Morgan fingerprint density at radius 2 is 1.96 bits per heavy atom. The van der Waals surface area contributed by atoms with E-state index in [4.69, 9.17) is 9.94 Å². The van der Waals surface area contributed by atoms with E-state index in [9.17, 15) is 18.0 Å². The molecule has 8 heteroatoms. The highest BCUT2D eigenvalue weighted by Gasteiger charge is 2.31. The van der Waals surface area contributed by atoms with E-state index in [0.29, 0.717) is 24.0 Å². The Morgan fingerprint density at radius 1 is 1.19 bits per heavy atom. The van der Waals surface area contributed by atoms with Crippen molar-refractivity contribution in [3.05, 3.63) is 65.5 Å². The molecule has 2 rings (SSSR count). The van der Waals surface area contributed by atoms with Crippen LogP contribution < -0.4 is 5.48 Å². The highest BCUT2D eigenvalue weighted by Crippen LogP contribution is 2.32. The molecule has 0 aliphatic heterocycles. The number of hydroxylamine groups is 1. The number of unbranched alkanes of at least 4 members (excludes halogenated alkanes) is 1. The van der Waals surface area contributed by atoms with Crippen molar-refractivity contribution in [2.45, 2.75) is 31.5 Å². The predicted molar refractivity (Wildman–Crippen MR) is 88.1 cm³/mol. The molecule has 0 aliphatic rings. The van der Waals surface area contributed by atoms with Crippen molar-refractivity contribution < 1.29 is 27.9 Å². The van der Waals surface area contributed by atoms with Crippen molar-refractivity contribution in [2.24, 2.45) is 0 Å². The lowest BCUT2D eigenvalue weighted by molar-refractivity contribution is -0.138. The molecule has 0 spiro atoms. The standard InChI is InChI=1S/C18H19F3N2O3/c19-18(20,21)15-7-3-5-13(11-15)17(14-6-4-9-22-12-14)23-26-10-2-1-8-16(24)25/h3-7,9,11-12,17,23H,1-2,8,10H2,(H,24,25). The largest absolute Gasteiger partial charge is 0.481 e. The van der Waals surface area contributed by atoms with Crippen LogP contribution in [-0.4, -0.2) is 22.7 Å². The first-order valence-corrected chi connectivity index (χ1v) is 8.04. The second-order valence-corrected chi connectivity index (χ2v) is 5.66. The van der Waals surface area contributed by atoms with Gasteiger partial charge in [0, 0.05) is 18.8 Å². The number of pyridine rings is 1. The summed E-state index contributed by atoms with van der Waals surface area (Å²) in [5, 5.41) is 8.59. The topological polar surface area (TPSA) is 71.5 Å². The molecule has 2 N–H and O–H groups in total. The van der Waals surface area contributed by atoms with Crippen molar-refractivity contribution in [3.63, 3.8) is 0 Å². The lowest BCUT2D eigenvalue weighted by Crippen LogP contribution is -2.24. The van der Waals surface area contributed by atoms with E-state index in [1.807, 2.05) is 0 Å². The normalized spacial score (nSPS) is 12.7. The molecule has 1 aromatic heterocycles. The van der Waals surface area contributed by atoms with E-state index in [0.717, 1.165) is 12.1 Å². The Morgan fingerprint density at radius 3 is 2.62 bits per heavy atom. The molecule has 0 saturated heterocycles. The van der Waals surface area contributed by atoms with Crippen LogP contribution in [0.4, 0.5) is 13.2 Å². The number of aliphatic carboxylic acids is 1. The minimum atomic E-state index is -4.44. The first-order valence-electron chi connectivity index (χ1n) is 8.04. The monoisotopic (exact) mass is 368 g/mol. The molecule has 0 bridgehead atoms. The molecule has 1 aromatic carbocycles. The summed E-state index contributed by atoms with van der Waals surface area (Å²) in [4.78, 5) is 19.8. The van der Waals surface area contributed by atoms with Crippen LogP contribution in [0, 0.1) is 0 Å². The number of carbonyl (C=O) groups is 1. The summed E-state index contributed by atoms with van der Waals surface area (Å²) >= 11 is 0. The van der Waals surface area contributed by atoms with Crippen molar-refractivity contribution in [3.8, 4) is 0 Å². The molecule has 0 saturated carbocycles. The fraction of sp³-hybridized carbons (Fsp3) is 0.333. The average molecular weight is 368 g/mol. The second kappa shape index (κ2) is 9.30. The van der Waals surface area contributed by atoms with Gasteiger partial charge in [-0.2, -0.15) is 18.7 Å². The third-order valence-corrected chi connectivity index (χ3v) is 3.65. The van der Waals surface area contributed by atoms with E-state index in [1.165, 1.54) is 6.07 Å². The molecule has 0 amide bonds. The minimum Gasteiger partial charge on any atom is -0.481 e. The Kier molecular flexibility index (Phi) is 7.11. The maximum atomic E-state index is 13.0. The van der Waals surface area contributed by atoms with Crippen molar-refractivity contribution in [1.29, 1.82) is 0 Å². The average Bonchev–Trinajstić information content (AvgIpc) is 2.61. The Labute approximate surface area is 148 Å². The lowest BCUT2D eigenvalue weighted by atomic mass is 9.99. The van der Waals surface area contributed by atoms with Gasteiger partial charge in [0.15, 0.2) is 0 Å². The number of rotatable bonds is 9. The van der Waals surface area contributed by atoms with Crippen molar-refractivity contribution in [1.82, 2.24) is 10.5 Å². The maximum absolute atomic E-state index is 13.0. The molecule has 0 fully saturated rings. The fourth-order valence-electron chi connectivity index (χ4n) is 2.36. The van der Waals surface area contributed by atoms with E-state index in [1.54, 1.807) is 30.6 Å². The van der Waals surface area contributed by atoms with Crippen LogP contribution in [0.2, 0.25) is 0 Å². The summed E-state index contributed by atoms with van der Waals surface area (Å²) in [7, 11) is 0.